The Morgan fingerprint density at radius 2 is 2.08 bits per heavy atom. The van der Waals surface area contributed by atoms with Crippen molar-refractivity contribution < 1.29 is 9.53 Å². The summed E-state index contributed by atoms with van der Waals surface area (Å²) < 4.78 is 5.53. The number of nitrogens with zero attached hydrogens (tertiary/aromatic N) is 1. The first kappa shape index (κ1) is 16.0. The average molecular weight is 339 g/mol. The topological polar surface area (TPSA) is 63.2 Å². The number of aromatic nitrogens is 1. The molecule has 1 aromatic heterocycles. The predicted octanol–water partition coefficient (Wildman–Crippen LogP) is 4.54. The van der Waals surface area contributed by atoms with Crippen LogP contribution in [0.1, 0.15) is 17.3 Å². The number of anilines is 3. The van der Waals surface area contributed by atoms with Crippen LogP contribution in [-0.4, -0.2) is 17.5 Å². The molecule has 5 nitrogen and oxygen atoms in total. The summed E-state index contributed by atoms with van der Waals surface area (Å²) in [6.45, 7) is 2.45. The van der Waals surface area contributed by atoms with Crippen LogP contribution in [0.4, 0.5) is 16.5 Å². The quantitative estimate of drug-likeness (QED) is 0.692. The molecule has 0 saturated heterocycles. The molecule has 1 amide bonds. The van der Waals surface area contributed by atoms with E-state index in [0.717, 1.165) is 10.8 Å². The lowest BCUT2D eigenvalue weighted by Crippen LogP contribution is -2.13. The molecule has 2 N–H and O–H groups in total. The number of hydrogen-bond donors (Lipinski definition) is 2. The highest BCUT2D eigenvalue weighted by atomic mass is 32.1. The standard InChI is InChI=1S/C18H17N3O2S/c1-2-23-16-9-4-3-8-15(16)21-17(22)13-6-5-7-14(12-13)20-18-19-10-11-24-18/h3-12H,2H2,1H3,(H,19,20)(H,21,22). The molecule has 0 aliphatic rings. The Morgan fingerprint density at radius 3 is 2.88 bits per heavy atom. The molecule has 0 radical (unpaired) electrons. The summed E-state index contributed by atoms with van der Waals surface area (Å²) in [4.78, 5) is 16.7. The molecular formula is C18H17N3O2S. The van der Waals surface area contributed by atoms with E-state index in [1.165, 1.54) is 11.3 Å². The molecule has 0 aliphatic carbocycles. The zero-order valence-corrected chi connectivity index (χ0v) is 14.0. The van der Waals surface area contributed by atoms with Gasteiger partial charge in [-0.1, -0.05) is 18.2 Å². The first-order valence-electron chi connectivity index (χ1n) is 7.56. The maximum atomic E-state index is 12.5. The smallest absolute Gasteiger partial charge is 0.255 e. The molecule has 3 rings (SSSR count). The molecule has 0 unspecified atom stereocenters. The summed E-state index contributed by atoms with van der Waals surface area (Å²) in [6.07, 6.45) is 1.73. The minimum Gasteiger partial charge on any atom is -0.492 e. The van der Waals surface area contributed by atoms with E-state index in [1.807, 2.05) is 48.7 Å². The van der Waals surface area contributed by atoms with Crippen LogP contribution >= 0.6 is 11.3 Å². The highest BCUT2D eigenvalue weighted by Gasteiger charge is 2.10. The van der Waals surface area contributed by atoms with Gasteiger partial charge in [0.15, 0.2) is 5.13 Å². The zero-order valence-electron chi connectivity index (χ0n) is 13.2. The van der Waals surface area contributed by atoms with Gasteiger partial charge in [0.25, 0.3) is 5.91 Å². The third-order valence-corrected chi connectivity index (χ3v) is 3.93. The van der Waals surface area contributed by atoms with Crippen molar-refractivity contribution >= 4 is 33.8 Å². The van der Waals surface area contributed by atoms with Gasteiger partial charge < -0.3 is 15.4 Å². The van der Waals surface area contributed by atoms with E-state index >= 15 is 0 Å². The van der Waals surface area contributed by atoms with Crippen molar-refractivity contribution in [2.75, 3.05) is 17.2 Å². The molecule has 0 aliphatic heterocycles. The van der Waals surface area contributed by atoms with E-state index < -0.39 is 0 Å². The van der Waals surface area contributed by atoms with Gasteiger partial charge in [0.1, 0.15) is 5.75 Å². The molecule has 6 heteroatoms. The molecule has 0 spiro atoms. The Hall–Kier alpha value is -2.86. The van der Waals surface area contributed by atoms with Crippen LogP contribution in [0.5, 0.6) is 5.75 Å². The monoisotopic (exact) mass is 339 g/mol. The van der Waals surface area contributed by atoms with Gasteiger partial charge in [0.2, 0.25) is 0 Å². The molecule has 1 heterocycles. The lowest BCUT2D eigenvalue weighted by Gasteiger charge is -2.12. The fourth-order valence-corrected chi connectivity index (χ4v) is 2.74. The van der Waals surface area contributed by atoms with Crippen LogP contribution in [0, 0.1) is 0 Å². The summed E-state index contributed by atoms with van der Waals surface area (Å²) in [5, 5.41) is 8.75. The Bertz CT molecular complexity index is 819. The van der Waals surface area contributed by atoms with Crippen LogP contribution in [0.3, 0.4) is 0 Å². The number of benzene rings is 2. The minimum absolute atomic E-state index is 0.190. The number of nitrogens with one attached hydrogen (secondary N) is 2. The fraction of sp³-hybridized carbons (Fsp3) is 0.111. The largest absolute Gasteiger partial charge is 0.492 e. The van der Waals surface area contributed by atoms with Crippen molar-refractivity contribution in [2.45, 2.75) is 6.92 Å². The van der Waals surface area contributed by atoms with Crippen LogP contribution in [0.2, 0.25) is 0 Å². The number of para-hydroxylation sites is 2. The maximum Gasteiger partial charge on any atom is 0.255 e. The van der Waals surface area contributed by atoms with Crippen molar-refractivity contribution in [3.8, 4) is 5.75 Å². The second kappa shape index (κ2) is 7.61. The first-order valence-corrected chi connectivity index (χ1v) is 8.44. The summed E-state index contributed by atoms with van der Waals surface area (Å²) in [5.41, 5.74) is 2.03. The summed E-state index contributed by atoms with van der Waals surface area (Å²) in [6, 6.07) is 14.7. The van der Waals surface area contributed by atoms with Gasteiger partial charge in [0, 0.05) is 22.8 Å². The zero-order chi connectivity index (χ0) is 16.8. The Balaban J connectivity index is 1.76. The summed E-state index contributed by atoms with van der Waals surface area (Å²) in [7, 11) is 0. The van der Waals surface area contributed by atoms with Gasteiger partial charge in [-0.15, -0.1) is 11.3 Å². The van der Waals surface area contributed by atoms with Gasteiger partial charge in [-0.05, 0) is 37.3 Å². The third-order valence-electron chi connectivity index (χ3n) is 3.24. The fourth-order valence-electron chi connectivity index (χ4n) is 2.19. The molecule has 3 aromatic rings. The lowest BCUT2D eigenvalue weighted by atomic mass is 10.2. The van der Waals surface area contributed by atoms with E-state index in [9.17, 15) is 4.79 Å². The highest BCUT2D eigenvalue weighted by molar-refractivity contribution is 7.13. The number of thiazole rings is 1. The predicted molar refractivity (Wildman–Crippen MR) is 97.4 cm³/mol. The van der Waals surface area contributed by atoms with E-state index in [0.29, 0.717) is 23.6 Å². The van der Waals surface area contributed by atoms with E-state index in [2.05, 4.69) is 15.6 Å². The number of amides is 1. The molecule has 0 atom stereocenters. The van der Waals surface area contributed by atoms with Crippen LogP contribution in [-0.2, 0) is 0 Å². The van der Waals surface area contributed by atoms with Crippen molar-refractivity contribution in [1.82, 2.24) is 4.98 Å². The Kier molecular flexibility index (Phi) is 5.08. The molecule has 0 fully saturated rings. The second-order valence-electron chi connectivity index (χ2n) is 4.93. The third kappa shape index (κ3) is 3.91. The van der Waals surface area contributed by atoms with Gasteiger partial charge in [-0.2, -0.15) is 0 Å². The van der Waals surface area contributed by atoms with Crippen molar-refractivity contribution in [1.29, 1.82) is 0 Å². The normalized spacial score (nSPS) is 10.2. The number of carbonyl (C=O) groups is 1. The van der Waals surface area contributed by atoms with Gasteiger partial charge in [-0.25, -0.2) is 4.98 Å². The molecule has 0 saturated carbocycles. The molecule has 24 heavy (non-hydrogen) atoms. The molecule has 0 bridgehead atoms. The van der Waals surface area contributed by atoms with E-state index in [1.54, 1.807) is 18.3 Å². The Labute approximate surface area is 144 Å². The lowest BCUT2D eigenvalue weighted by molar-refractivity contribution is 0.102. The van der Waals surface area contributed by atoms with Crippen molar-refractivity contribution in [3.05, 3.63) is 65.7 Å². The van der Waals surface area contributed by atoms with Crippen LogP contribution in [0.25, 0.3) is 0 Å². The van der Waals surface area contributed by atoms with E-state index in [-0.39, 0.29) is 5.91 Å². The first-order chi connectivity index (χ1) is 11.8. The van der Waals surface area contributed by atoms with E-state index in [4.69, 9.17) is 4.74 Å². The van der Waals surface area contributed by atoms with Gasteiger partial charge in [-0.3, -0.25) is 4.79 Å². The maximum absolute atomic E-state index is 12.5. The molecule has 122 valence electrons. The number of hydrogen-bond acceptors (Lipinski definition) is 5. The Morgan fingerprint density at radius 1 is 1.21 bits per heavy atom. The highest BCUT2D eigenvalue weighted by Crippen LogP contribution is 2.25. The van der Waals surface area contributed by atoms with Crippen molar-refractivity contribution in [3.63, 3.8) is 0 Å². The van der Waals surface area contributed by atoms with Crippen LogP contribution < -0.4 is 15.4 Å². The molecule has 2 aromatic carbocycles. The average Bonchev–Trinajstić information content (AvgIpc) is 3.10. The SMILES string of the molecule is CCOc1ccccc1NC(=O)c1cccc(Nc2nccs2)c1. The second-order valence-corrected chi connectivity index (χ2v) is 5.82. The minimum atomic E-state index is -0.190. The molecular weight excluding hydrogens is 322 g/mol. The van der Waals surface area contributed by atoms with Gasteiger partial charge >= 0.3 is 0 Å². The number of carbonyl (C=O) groups excluding carboxylic acids is 1. The summed E-state index contributed by atoms with van der Waals surface area (Å²) in [5.74, 6) is 0.468. The number of rotatable bonds is 6. The number of ether oxygens (including phenoxy) is 1. The van der Waals surface area contributed by atoms with Crippen LogP contribution in [0.15, 0.2) is 60.1 Å². The summed E-state index contributed by atoms with van der Waals surface area (Å²) >= 11 is 1.50. The van der Waals surface area contributed by atoms with Crippen molar-refractivity contribution in [2.24, 2.45) is 0 Å². The van der Waals surface area contributed by atoms with Gasteiger partial charge in [0.05, 0.1) is 12.3 Å².